The van der Waals surface area contributed by atoms with E-state index in [9.17, 15) is 0 Å². The summed E-state index contributed by atoms with van der Waals surface area (Å²) in [5.74, 6) is 0.969. The smallest absolute Gasteiger partial charge is 0.129 e. The predicted octanol–water partition coefficient (Wildman–Crippen LogP) is 2.82. The highest BCUT2D eigenvalue weighted by Crippen LogP contribution is 2.28. The van der Waals surface area contributed by atoms with E-state index in [1.54, 1.807) is 18.4 Å². The minimum atomic E-state index is 0.485. The fourth-order valence-electron chi connectivity index (χ4n) is 1.34. The summed E-state index contributed by atoms with van der Waals surface area (Å²) in [7, 11) is 3.71. The number of hydrogen-bond acceptors (Lipinski definition) is 3. The quantitative estimate of drug-likeness (QED) is 0.787. The number of nitrogens with one attached hydrogen (secondary N) is 1. The van der Waals surface area contributed by atoms with Gasteiger partial charge in [0.2, 0.25) is 0 Å². The molecule has 2 nitrogen and oxygen atoms in total. The average molecular weight is 199 g/mol. The van der Waals surface area contributed by atoms with Crippen LogP contribution in [0.15, 0.2) is 11.4 Å². The van der Waals surface area contributed by atoms with Crippen molar-refractivity contribution in [2.75, 3.05) is 14.2 Å². The van der Waals surface area contributed by atoms with E-state index in [1.165, 1.54) is 17.7 Å². The van der Waals surface area contributed by atoms with Crippen molar-refractivity contribution in [2.24, 2.45) is 0 Å². The van der Waals surface area contributed by atoms with Gasteiger partial charge in [0, 0.05) is 16.3 Å². The maximum atomic E-state index is 5.15. The molecule has 0 saturated heterocycles. The first-order valence-corrected chi connectivity index (χ1v) is 5.49. The molecule has 74 valence electrons. The Hall–Kier alpha value is -0.540. The van der Waals surface area contributed by atoms with Crippen LogP contribution in [0.5, 0.6) is 5.75 Å². The summed E-state index contributed by atoms with van der Waals surface area (Å²) in [6, 6.07) is 2.60. The monoisotopic (exact) mass is 199 g/mol. The Bertz CT molecular complexity index is 247. The summed E-state index contributed by atoms with van der Waals surface area (Å²) in [6.45, 7) is 2.20. The molecule has 1 aromatic rings. The first-order chi connectivity index (χ1) is 6.31. The lowest BCUT2D eigenvalue weighted by Gasteiger charge is -2.12. The molecular weight excluding hydrogens is 182 g/mol. The molecule has 1 heterocycles. The van der Waals surface area contributed by atoms with Crippen LogP contribution >= 0.6 is 11.3 Å². The van der Waals surface area contributed by atoms with Crippen LogP contribution in [0.25, 0.3) is 0 Å². The van der Waals surface area contributed by atoms with Gasteiger partial charge < -0.3 is 10.1 Å². The summed E-state index contributed by atoms with van der Waals surface area (Å²) in [4.78, 5) is 1.36. The molecule has 0 aliphatic rings. The summed E-state index contributed by atoms with van der Waals surface area (Å²) in [5.41, 5.74) is 0. The number of rotatable bonds is 5. The molecule has 1 N–H and O–H groups in total. The lowest BCUT2D eigenvalue weighted by Crippen LogP contribution is -2.14. The lowest BCUT2D eigenvalue weighted by molar-refractivity contribution is 0.415. The second kappa shape index (κ2) is 5.25. The fraction of sp³-hybridized carbons (Fsp3) is 0.600. The van der Waals surface area contributed by atoms with E-state index in [4.69, 9.17) is 4.74 Å². The largest absolute Gasteiger partial charge is 0.496 e. The Morgan fingerprint density at radius 3 is 2.85 bits per heavy atom. The Morgan fingerprint density at radius 1 is 1.62 bits per heavy atom. The standard InChI is InChI=1S/C10H17NOS/c1-4-5-9(11-2)10-6-8(12-3)7-13-10/h6-7,9,11H,4-5H2,1-3H3. The molecule has 0 amide bonds. The summed E-state index contributed by atoms with van der Waals surface area (Å²) >= 11 is 1.76. The highest BCUT2D eigenvalue weighted by molar-refractivity contribution is 7.10. The molecule has 0 fully saturated rings. The molecule has 1 unspecified atom stereocenters. The van der Waals surface area contributed by atoms with Crippen molar-refractivity contribution in [3.63, 3.8) is 0 Å². The number of ether oxygens (including phenoxy) is 1. The van der Waals surface area contributed by atoms with Crippen LogP contribution in [-0.2, 0) is 0 Å². The van der Waals surface area contributed by atoms with E-state index in [1.807, 2.05) is 7.05 Å². The van der Waals surface area contributed by atoms with Crippen molar-refractivity contribution < 1.29 is 4.74 Å². The zero-order valence-electron chi connectivity index (χ0n) is 8.46. The van der Waals surface area contributed by atoms with Crippen LogP contribution < -0.4 is 10.1 Å². The van der Waals surface area contributed by atoms with Crippen molar-refractivity contribution in [2.45, 2.75) is 25.8 Å². The van der Waals surface area contributed by atoms with Crippen molar-refractivity contribution in [1.29, 1.82) is 0 Å². The molecule has 0 bridgehead atoms. The van der Waals surface area contributed by atoms with Crippen LogP contribution in [0.4, 0.5) is 0 Å². The molecule has 0 saturated carbocycles. The number of thiophene rings is 1. The second-order valence-corrected chi connectivity index (χ2v) is 3.96. The van der Waals surface area contributed by atoms with Gasteiger partial charge in [-0.3, -0.25) is 0 Å². The molecular formula is C10H17NOS. The molecule has 1 aromatic heterocycles. The Morgan fingerprint density at radius 2 is 2.38 bits per heavy atom. The topological polar surface area (TPSA) is 21.3 Å². The molecule has 0 aliphatic carbocycles. The van der Waals surface area contributed by atoms with Gasteiger partial charge in [-0.2, -0.15) is 0 Å². The van der Waals surface area contributed by atoms with Gasteiger partial charge in [-0.1, -0.05) is 13.3 Å². The zero-order valence-corrected chi connectivity index (χ0v) is 9.28. The van der Waals surface area contributed by atoms with Crippen LogP contribution in [0.2, 0.25) is 0 Å². The molecule has 3 heteroatoms. The molecule has 1 atom stereocenters. The molecule has 13 heavy (non-hydrogen) atoms. The van der Waals surface area contributed by atoms with E-state index >= 15 is 0 Å². The summed E-state index contributed by atoms with van der Waals surface area (Å²) < 4.78 is 5.15. The normalized spacial score (nSPS) is 12.8. The first-order valence-electron chi connectivity index (χ1n) is 4.61. The number of hydrogen-bond donors (Lipinski definition) is 1. The number of methoxy groups -OCH3 is 1. The minimum absolute atomic E-state index is 0.485. The zero-order chi connectivity index (χ0) is 9.68. The van der Waals surface area contributed by atoms with Crippen molar-refractivity contribution in [3.8, 4) is 5.75 Å². The van der Waals surface area contributed by atoms with Crippen molar-refractivity contribution >= 4 is 11.3 Å². The lowest BCUT2D eigenvalue weighted by atomic mass is 10.1. The van der Waals surface area contributed by atoms with Crippen molar-refractivity contribution in [1.82, 2.24) is 5.32 Å². The highest BCUT2D eigenvalue weighted by atomic mass is 32.1. The second-order valence-electron chi connectivity index (χ2n) is 3.02. The maximum Gasteiger partial charge on any atom is 0.129 e. The maximum absolute atomic E-state index is 5.15. The highest BCUT2D eigenvalue weighted by Gasteiger charge is 2.10. The molecule has 0 aliphatic heterocycles. The van der Waals surface area contributed by atoms with Gasteiger partial charge in [0.05, 0.1) is 7.11 Å². The van der Waals surface area contributed by atoms with E-state index in [-0.39, 0.29) is 0 Å². The SMILES string of the molecule is CCCC(NC)c1cc(OC)cs1. The van der Waals surface area contributed by atoms with E-state index in [2.05, 4.69) is 23.7 Å². The summed E-state index contributed by atoms with van der Waals surface area (Å²) in [5, 5.41) is 5.36. The molecule has 0 aromatic carbocycles. The van der Waals surface area contributed by atoms with Gasteiger partial charge >= 0.3 is 0 Å². The van der Waals surface area contributed by atoms with Crippen LogP contribution in [-0.4, -0.2) is 14.2 Å². The minimum Gasteiger partial charge on any atom is -0.496 e. The van der Waals surface area contributed by atoms with Crippen molar-refractivity contribution in [3.05, 3.63) is 16.3 Å². The van der Waals surface area contributed by atoms with Crippen LogP contribution in [0, 0.1) is 0 Å². The third-order valence-electron chi connectivity index (χ3n) is 2.10. The first kappa shape index (κ1) is 10.5. The Balaban J connectivity index is 2.67. The average Bonchev–Trinajstić information content (AvgIpc) is 2.62. The van der Waals surface area contributed by atoms with Gasteiger partial charge in [-0.05, 0) is 19.5 Å². The molecule has 1 rings (SSSR count). The third-order valence-corrected chi connectivity index (χ3v) is 3.13. The van der Waals surface area contributed by atoms with Crippen LogP contribution in [0.3, 0.4) is 0 Å². The fourth-order valence-corrected chi connectivity index (χ4v) is 2.34. The Kier molecular flexibility index (Phi) is 4.25. The van der Waals surface area contributed by atoms with Gasteiger partial charge in [-0.25, -0.2) is 0 Å². The molecule has 0 radical (unpaired) electrons. The van der Waals surface area contributed by atoms with Gasteiger partial charge in [0.25, 0.3) is 0 Å². The van der Waals surface area contributed by atoms with E-state index in [0.29, 0.717) is 6.04 Å². The van der Waals surface area contributed by atoms with Gasteiger partial charge in [0.1, 0.15) is 5.75 Å². The van der Waals surface area contributed by atoms with Gasteiger partial charge in [0.15, 0.2) is 0 Å². The summed E-state index contributed by atoms with van der Waals surface area (Å²) in [6.07, 6.45) is 2.38. The molecule has 0 spiro atoms. The van der Waals surface area contributed by atoms with Crippen LogP contribution in [0.1, 0.15) is 30.7 Å². The van der Waals surface area contributed by atoms with Gasteiger partial charge in [-0.15, -0.1) is 11.3 Å². The Labute approximate surface area is 83.9 Å². The van der Waals surface area contributed by atoms with E-state index in [0.717, 1.165) is 5.75 Å². The predicted molar refractivity (Wildman–Crippen MR) is 57.6 cm³/mol. The van der Waals surface area contributed by atoms with E-state index < -0.39 is 0 Å². The third kappa shape index (κ3) is 2.71.